The van der Waals surface area contributed by atoms with Crippen LogP contribution in [0.25, 0.3) is 5.69 Å². The van der Waals surface area contributed by atoms with Gasteiger partial charge in [0.2, 0.25) is 0 Å². The Kier molecular flexibility index (Phi) is 7.47. The van der Waals surface area contributed by atoms with Crippen molar-refractivity contribution < 1.29 is 32.2 Å². The number of carbonyl (C=O) groups is 1. The summed E-state index contributed by atoms with van der Waals surface area (Å²) in [6, 6.07) is 1.16. The van der Waals surface area contributed by atoms with E-state index >= 15 is 0 Å². The van der Waals surface area contributed by atoms with Crippen molar-refractivity contribution >= 4 is 34.8 Å². The van der Waals surface area contributed by atoms with Crippen molar-refractivity contribution in [2.24, 2.45) is 0 Å². The number of aromatic amines is 1. The number of thiocarbonyl (C=S) groups is 1. The second kappa shape index (κ2) is 8.97. The molecule has 0 bridgehead atoms. The number of aromatic nitrogens is 2. The molecule has 2 N–H and O–H groups in total. The Morgan fingerprint density at radius 3 is 2.21 bits per heavy atom. The molecule has 7 nitrogen and oxygen atoms in total. The van der Waals surface area contributed by atoms with Gasteiger partial charge in [0, 0.05) is 13.0 Å². The lowest BCUT2D eigenvalue weighted by atomic mass is 10.2. The van der Waals surface area contributed by atoms with Gasteiger partial charge in [-0.05, 0) is 24.4 Å². The molecule has 0 amide bonds. The van der Waals surface area contributed by atoms with E-state index in [1.807, 2.05) is 0 Å². The van der Waals surface area contributed by atoms with Crippen LogP contribution < -0.4 is 11.2 Å². The first kappa shape index (κ1) is 23.3. The number of nitrogens with one attached hydrogen (secondary N) is 1. The second-order valence-electron chi connectivity index (χ2n) is 4.94. The van der Waals surface area contributed by atoms with E-state index in [9.17, 15) is 31.9 Å². The highest BCUT2D eigenvalue weighted by molar-refractivity contribution is 7.80. The lowest BCUT2D eigenvalue weighted by Crippen LogP contribution is -2.36. The number of halogens is 5. The lowest BCUT2D eigenvalue weighted by molar-refractivity contribution is -0.141. The van der Waals surface area contributed by atoms with Crippen molar-refractivity contribution in [3.05, 3.63) is 61.1 Å². The number of rotatable bonds is 2. The number of hydrogen-bond acceptors (Lipinski definition) is 5. The smallest absolute Gasteiger partial charge is 0.431 e. The standard InChI is InChI=1S/C12H5ClF4N2O4.C3H6OS/c13-5-2-6(14)7(1-4(5)10(21)22)19-9(20)3-8(12(15,16)17)18-11(19)23;1-3(5)4-2/h1-3H,(H,18,23)(H,21,22);1-2H3. The predicted molar refractivity (Wildman–Crippen MR) is 94.9 cm³/mol. The molecule has 0 spiro atoms. The molecule has 2 aromatic rings. The van der Waals surface area contributed by atoms with Crippen LogP contribution in [0, 0.1) is 5.82 Å². The van der Waals surface area contributed by atoms with Gasteiger partial charge in [-0.15, -0.1) is 0 Å². The highest BCUT2D eigenvalue weighted by atomic mass is 35.5. The van der Waals surface area contributed by atoms with E-state index in [1.54, 1.807) is 14.0 Å². The SMILES string of the molecule is COC(C)=S.O=C(O)c1cc(-n2c(=O)cc(C(F)(F)F)[nH]c2=O)c(F)cc1Cl. The van der Waals surface area contributed by atoms with Crippen LogP contribution in [-0.2, 0) is 10.9 Å². The molecule has 0 saturated carbocycles. The third kappa shape index (κ3) is 5.63. The molecule has 152 valence electrons. The summed E-state index contributed by atoms with van der Waals surface area (Å²) in [5.41, 5.74) is -6.15. The van der Waals surface area contributed by atoms with Crippen LogP contribution in [0.2, 0.25) is 5.02 Å². The van der Waals surface area contributed by atoms with Gasteiger partial charge in [-0.1, -0.05) is 11.6 Å². The van der Waals surface area contributed by atoms with Gasteiger partial charge in [-0.25, -0.2) is 18.5 Å². The molecule has 1 aromatic carbocycles. The average Bonchev–Trinajstić information content (AvgIpc) is 2.55. The van der Waals surface area contributed by atoms with Crippen LogP contribution in [0.15, 0.2) is 27.8 Å². The fraction of sp³-hybridized carbons (Fsp3) is 0.200. The third-order valence-corrected chi connectivity index (χ3v) is 3.51. The molecule has 0 unspecified atom stereocenters. The van der Waals surface area contributed by atoms with Crippen molar-refractivity contribution in [2.75, 3.05) is 7.11 Å². The molecule has 2 rings (SSSR count). The monoisotopic (exact) mass is 442 g/mol. The Bertz CT molecular complexity index is 1000. The fourth-order valence-corrected chi connectivity index (χ4v) is 1.98. The molecule has 28 heavy (non-hydrogen) atoms. The van der Waals surface area contributed by atoms with Crippen LogP contribution in [0.4, 0.5) is 17.6 Å². The number of methoxy groups -OCH3 is 1. The molecule has 0 saturated heterocycles. The molecule has 1 aromatic heterocycles. The van der Waals surface area contributed by atoms with Crippen molar-refractivity contribution in [3.8, 4) is 5.69 Å². The van der Waals surface area contributed by atoms with Crippen LogP contribution in [0.5, 0.6) is 0 Å². The van der Waals surface area contributed by atoms with Gasteiger partial charge in [0.1, 0.15) is 11.5 Å². The van der Waals surface area contributed by atoms with Crippen LogP contribution >= 0.6 is 23.8 Å². The minimum absolute atomic E-state index is 0.0351. The first-order valence-corrected chi connectivity index (χ1v) is 7.79. The molecular weight excluding hydrogens is 432 g/mol. The Morgan fingerprint density at radius 1 is 1.29 bits per heavy atom. The second-order valence-corrected chi connectivity index (χ2v) is 5.93. The number of carboxylic acids is 1. The Hall–Kier alpha value is -2.73. The van der Waals surface area contributed by atoms with Gasteiger partial charge in [-0.2, -0.15) is 13.2 Å². The van der Waals surface area contributed by atoms with Gasteiger partial charge >= 0.3 is 17.8 Å². The Morgan fingerprint density at radius 2 is 1.82 bits per heavy atom. The minimum Gasteiger partial charge on any atom is -0.491 e. The first-order chi connectivity index (χ1) is 12.8. The minimum atomic E-state index is -4.98. The highest BCUT2D eigenvalue weighted by Gasteiger charge is 2.33. The zero-order valence-corrected chi connectivity index (χ0v) is 15.6. The summed E-state index contributed by atoms with van der Waals surface area (Å²) in [4.78, 5) is 35.7. The highest BCUT2D eigenvalue weighted by Crippen LogP contribution is 2.26. The lowest BCUT2D eigenvalue weighted by Gasteiger charge is -2.10. The van der Waals surface area contributed by atoms with E-state index in [-0.39, 0.29) is 10.6 Å². The van der Waals surface area contributed by atoms with E-state index in [4.69, 9.17) is 16.7 Å². The molecule has 0 fully saturated rings. The predicted octanol–water partition coefficient (Wildman–Crippen LogP) is 3.02. The maximum Gasteiger partial charge on any atom is 0.431 e. The van der Waals surface area contributed by atoms with Crippen molar-refractivity contribution in [2.45, 2.75) is 13.1 Å². The van der Waals surface area contributed by atoms with Crippen molar-refractivity contribution in [1.29, 1.82) is 0 Å². The summed E-state index contributed by atoms with van der Waals surface area (Å²) < 4.78 is 55.9. The number of ether oxygens (including phenoxy) is 1. The summed E-state index contributed by atoms with van der Waals surface area (Å²) in [5.74, 6) is -2.83. The quantitative estimate of drug-likeness (QED) is 0.547. The Labute approximate surface area is 164 Å². The Balaban J connectivity index is 0.000000696. The topological polar surface area (TPSA) is 101 Å². The van der Waals surface area contributed by atoms with Crippen molar-refractivity contribution in [1.82, 2.24) is 9.55 Å². The molecule has 0 aliphatic heterocycles. The van der Waals surface area contributed by atoms with Gasteiger partial charge in [0.15, 0.2) is 5.05 Å². The molecule has 0 aliphatic carbocycles. The molecule has 0 radical (unpaired) electrons. The molecular formula is C15H11ClF4N2O5S. The molecule has 0 aliphatic rings. The largest absolute Gasteiger partial charge is 0.491 e. The number of carboxylic acid groups (broad SMARTS) is 1. The van der Waals surface area contributed by atoms with E-state index in [1.165, 1.54) is 4.98 Å². The maximum atomic E-state index is 13.9. The third-order valence-electron chi connectivity index (χ3n) is 3.03. The van der Waals surface area contributed by atoms with Gasteiger partial charge < -0.3 is 14.8 Å². The summed E-state index contributed by atoms with van der Waals surface area (Å²) in [6.45, 7) is 1.73. The molecule has 1 heterocycles. The van der Waals surface area contributed by atoms with Crippen LogP contribution in [-0.4, -0.2) is 32.8 Å². The van der Waals surface area contributed by atoms with Crippen molar-refractivity contribution in [3.63, 3.8) is 0 Å². The summed E-state index contributed by atoms with van der Waals surface area (Å²) >= 11 is 9.98. The van der Waals surface area contributed by atoms with Gasteiger partial charge in [0.05, 0.1) is 23.4 Å². The van der Waals surface area contributed by atoms with Gasteiger partial charge in [-0.3, -0.25) is 4.79 Å². The average molecular weight is 443 g/mol. The molecule has 0 atom stereocenters. The van der Waals surface area contributed by atoms with E-state index in [0.29, 0.717) is 17.2 Å². The maximum absolute atomic E-state index is 13.9. The number of nitrogens with zero attached hydrogens (tertiary/aromatic N) is 1. The summed E-state index contributed by atoms with van der Waals surface area (Å²) in [7, 11) is 1.56. The summed E-state index contributed by atoms with van der Waals surface area (Å²) in [6.07, 6.45) is -4.98. The summed E-state index contributed by atoms with van der Waals surface area (Å²) in [5, 5.41) is 8.97. The normalized spacial score (nSPS) is 10.7. The fourth-order valence-electron chi connectivity index (χ4n) is 1.75. The van der Waals surface area contributed by atoms with Crippen LogP contribution in [0.1, 0.15) is 23.0 Å². The number of alkyl halides is 3. The number of benzene rings is 1. The zero-order chi connectivity index (χ0) is 21.8. The number of hydrogen-bond donors (Lipinski definition) is 2. The zero-order valence-electron chi connectivity index (χ0n) is 14.1. The van der Waals surface area contributed by atoms with E-state index in [2.05, 4.69) is 17.0 Å². The number of H-pyrrole nitrogens is 1. The van der Waals surface area contributed by atoms with E-state index in [0.717, 1.165) is 0 Å². The van der Waals surface area contributed by atoms with Gasteiger partial charge in [0.25, 0.3) is 5.56 Å². The molecule has 13 heteroatoms. The number of aromatic carboxylic acids is 1. The first-order valence-electron chi connectivity index (χ1n) is 7.00. The van der Waals surface area contributed by atoms with Crippen LogP contribution in [0.3, 0.4) is 0 Å². The van der Waals surface area contributed by atoms with E-state index < -0.39 is 51.2 Å².